The third kappa shape index (κ3) is 3.29. The van der Waals surface area contributed by atoms with Crippen molar-refractivity contribution in [2.24, 2.45) is 10.9 Å². The predicted octanol–water partition coefficient (Wildman–Crippen LogP) is 2.04. The average molecular weight is 275 g/mol. The van der Waals surface area contributed by atoms with E-state index in [-0.39, 0.29) is 11.7 Å². The number of rotatable bonds is 5. The van der Waals surface area contributed by atoms with Gasteiger partial charge < -0.3 is 15.8 Å². The molecule has 1 saturated carbocycles. The number of benzene rings is 1. The van der Waals surface area contributed by atoms with Crippen LogP contribution in [-0.2, 0) is 0 Å². The second-order valence-electron chi connectivity index (χ2n) is 5.37. The highest BCUT2D eigenvalue weighted by Gasteiger charge is 2.32. The van der Waals surface area contributed by atoms with Gasteiger partial charge in [0.25, 0.3) is 5.91 Å². The summed E-state index contributed by atoms with van der Waals surface area (Å²) in [4.78, 5) is 14.4. The minimum Gasteiger partial charge on any atom is -0.409 e. The summed E-state index contributed by atoms with van der Waals surface area (Å²) in [5.41, 5.74) is 8.49. The van der Waals surface area contributed by atoms with Crippen molar-refractivity contribution >= 4 is 11.7 Å². The number of carbonyl (C=O) groups excluding carboxylic acids is 1. The monoisotopic (exact) mass is 275 g/mol. The number of amides is 1. The molecule has 0 bridgehead atoms. The Labute approximate surface area is 119 Å². The molecule has 2 rings (SSSR count). The average Bonchev–Trinajstić information content (AvgIpc) is 3.26. The van der Waals surface area contributed by atoms with E-state index in [4.69, 9.17) is 10.9 Å². The molecule has 108 valence electrons. The van der Waals surface area contributed by atoms with Gasteiger partial charge in [0, 0.05) is 24.6 Å². The first-order valence-corrected chi connectivity index (χ1v) is 6.87. The molecule has 0 atom stereocenters. The fourth-order valence-electron chi connectivity index (χ4n) is 2.16. The van der Waals surface area contributed by atoms with Gasteiger partial charge >= 0.3 is 0 Å². The van der Waals surface area contributed by atoms with E-state index in [1.54, 1.807) is 0 Å². The van der Waals surface area contributed by atoms with E-state index in [9.17, 15) is 4.79 Å². The van der Waals surface area contributed by atoms with Gasteiger partial charge in [0.05, 0.1) is 0 Å². The van der Waals surface area contributed by atoms with Crippen LogP contribution < -0.4 is 5.73 Å². The number of amidine groups is 1. The summed E-state index contributed by atoms with van der Waals surface area (Å²) in [5, 5.41) is 11.5. The Kier molecular flexibility index (Phi) is 4.27. The van der Waals surface area contributed by atoms with Crippen LogP contribution in [0.4, 0.5) is 0 Å². The van der Waals surface area contributed by atoms with Crippen LogP contribution in [0.15, 0.2) is 23.4 Å². The molecule has 20 heavy (non-hydrogen) atoms. The molecule has 1 amide bonds. The molecular formula is C15H21N3O2. The summed E-state index contributed by atoms with van der Waals surface area (Å²) in [6.07, 6.45) is 2.46. The first-order chi connectivity index (χ1) is 9.52. The maximum atomic E-state index is 12.6. The van der Waals surface area contributed by atoms with Crippen LogP contribution in [0.5, 0.6) is 0 Å². The van der Waals surface area contributed by atoms with Crippen molar-refractivity contribution in [3.05, 3.63) is 34.9 Å². The largest absolute Gasteiger partial charge is 0.409 e. The number of hydrogen-bond acceptors (Lipinski definition) is 3. The van der Waals surface area contributed by atoms with Gasteiger partial charge in [0.15, 0.2) is 0 Å². The zero-order valence-corrected chi connectivity index (χ0v) is 12.0. The quantitative estimate of drug-likeness (QED) is 0.373. The fourth-order valence-corrected chi connectivity index (χ4v) is 2.16. The second kappa shape index (κ2) is 5.94. The molecule has 1 aliphatic carbocycles. The smallest absolute Gasteiger partial charge is 0.254 e. The number of oxime groups is 1. The lowest BCUT2D eigenvalue weighted by molar-refractivity contribution is 0.0747. The highest BCUT2D eigenvalue weighted by molar-refractivity contribution is 5.95. The van der Waals surface area contributed by atoms with Crippen LogP contribution in [0.1, 0.15) is 40.7 Å². The van der Waals surface area contributed by atoms with E-state index in [1.807, 2.05) is 36.9 Å². The van der Waals surface area contributed by atoms with Crippen molar-refractivity contribution in [2.75, 3.05) is 6.54 Å². The Morgan fingerprint density at radius 3 is 2.65 bits per heavy atom. The maximum Gasteiger partial charge on any atom is 0.254 e. The van der Waals surface area contributed by atoms with Gasteiger partial charge in [-0.25, -0.2) is 0 Å². The van der Waals surface area contributed by atoms with Crippen LogP contribution in [-0.4, -0.2) is 34.4 Å². The highest BCUT2D eigenvalue weighted by atomic mass is 16.4. The maximum absolute atomic E-state index is 12.6. The molecule has 1 aliphatic rings. The summed E-state index contributed by atoms with van der Waals surface area (Å²) in [6.45, 7) is 4.52. The van der Waals surface area contributed by atoms with Crippen molar-refractivity contribution in [1.82, 2.24) is 4.90 Å². The Bertz CT molecular complexity index is 536. The van der Waals surface area contributed by atoms with Gasteiger partial charge in [0.2, 0.25) is 0 Å². The lowest BCUT2D eigenvalue weighted by Crippen LogP contribution is -2.36. The highest BCUT2D eigenvalue weighted by Crippen LogP contribution is 2.28. The van der Waals surface area contributed by atoms with Crippen LogP contribution >= 0.6 is 0 Å². The Morgan fingerprint density at radius 2 is 2.10 bits per heavy atom. The van der Waals surface area contributed by atoms with E-state index in [0.717, 1.165) is 18.4 Å². The SMILES string of the molecule is Cc1ccc(C(=O)N(CCC(N)=NO)C2CC2)cc1C. The molecule has 0 aromatic heterocycles. The van der Waals surface area contributed by atoms with Gasteiger partial charge in [-0.05, 0) is 49.9 Å². The zero-order valence-electron chi connectivity index (χ0n) is 12.0. The van der Waals surface area contributed by atoms with Gasteiger partial charge in [-0.1, -0.05) is 11.2 Å². The summed E-state index contributed by atoms with van der Waals surface area (Å²) < 4.78 is 0. The van der Waals surface area contributed by atoms with Gasteiger partial charge in [0.1, 0.15) is 5.84 Å². The zero-order chi connectivity index (χ0) is 14.7. The fraction of sp³-hybridized carbons (Fsp3) is 0.467. The number of carbonyl (C=O) groups is 1. The van der Waals surface area contributed by atoms with Crippen molar-refractivity contribution in [3.63, 3.8) is 0 Å². The third-order valence-electron chi connectivity index (χ3n) is 3.74. The first kappa shape index (κ1) is 14.4. The molecule has 0 aliphatic heterocycles. The molecule has 5 nitrogen and oxygen atoms in total. The summed E-state index contributed by atoms with van der Waals surface area (Å²) in [6, 6.07) is 6.06. The molecule has 0 spiro atoms. The lowest BCUT2D eigenvalue weighted by atomic mass is 10.1. The van der Waals surface area contributed by atoms with E-state index in [2.05, 4.69) is 5.16 Å². The van der Waals surface area contributed by atoms with Crippen molar-refractivity contribution < 1.29 is 10.0 Å². The summed E-state index contributed by atoms with van der Waals surface area (Å²) in [7, 11) is 0. The Balaban J connectivity index is 2.12. The molecule has 0 heterocycles. The Hall–Kier alpha value is -2.04. The molecule has 0 radical (unpaired) electrons. The predicted molar refractivity (Wildman–Crippen MR) is 78.0 cm³/mol. The molecule has 1 aromatic rings. The topological polar surface area (TPSA) is 78.9 Å². The molecule has 5 heteroatoms. The van der Waals surface area contributed by atoms with Crippen LogP contribution in [0.3, 0.4) is 0 Å². The van der Waals surface area contributed by atoms with E-state index < -0.39 is 0 Å². The number of aryl methyl sites for hydroxylation is 2. The molecule has 1 aromatic carbocycles. The van der Waals surface area contributed by atoms with Gasteiger partial charge in [-0.3, -0.25) is 4.79 Å². The normalized spacial score (nSPS) is 15.2. The number of nitrogens with zero attached hydrogens (tertiary/aromatic N) is 2. The number of hydrogen-bond donors (Lipinski definition) is 2. The van der Waals surface area contributed by atoms with Crippen LogP contribution in [0.25, 0.3) is 0 Å². The molecule has 0 saturated heterocycles. The first-order valence-electron chi connectivity index (χ1n) is 6.87. The van der Waals surface area contributed by atoms with Crippen LogP contribution in [0.2, 0.25) is 0 Å². The summed E-state index contributed by atoms with van der Waals surface area (Å²) in [5.74, 6) is 0.185. The Morgan fingerprint density at radius 1 is 1.40 bits per heavy atom. The summed E-state index contributed by atoms with van der Waals surface area (Å²) >= 11 is 0. The third-order valence-corrected chi connectivity index (χ3v) is 3.74. The minimum atomic E-state index is 0.0290. The van der Waals surface area contributed by atoms with Gasteiger partial charge in [-0.2, -0.15) is 0 Å². The van der Waals surface area contributed by atoms with E-state index >= 15 is 0 Å². The number of nitrogens with two attached hydrogens (primary N) is 1. The van der Waals surface area contributed by atoms with E-state index in [0.29, 0.717) is 24.6 Å². The van der Waals surface area contributed by atoms with Crippen molar-refractivity contribution in [3.8, 4) is 0 Å². The van der Waals surface area contributed by atoms with E-state index in [1.165, 1.54) is 5.56 Å². The molecule has 0 unspecified atom stereocenters. The minimum absolute atomic E-state index is 0.0290. The van der Waals surface area contributed by atoms with Crippen molar-refractivity contribution in [2.45, 2.75) is 39.2 Å². The van der Waals surface area contributed by atoms with Crippen LogP contribution in [0, 0.1) is 13.8 Å². The lowest BCUT2D eigenvalue weighted by Gasteiger charge is -2.22. The van der Waals surface area contributed by atoms with Crippen molar-refractivity contribution in [1.29, 1.82) is 0 Å². The molecular weight excluding hydrogens is 254 g/mol. The van der Waals surface area contributed by atoms with Gasteiger partial charge in [-0.15, -0.1) is 0 Å². The molecule has 1 fully saturated rings. The second-order valence-corrected chi connectivity index (χ2v) is 5.37. The standard InChI is InChI=1S/C15H21N3O2/c1-10-3-4-12(9-11(10)2)15(19)18(13-5-6-13)8-7-14(16)17-20/h3-4,9,13,20H,5-8H2,1-2H3,(H2,16,17). The molecule has 3 N–H and O–H groups in total.